The van der Waals surface area contributed by atoms with Crippen molar-refractivity contribution in [3.63, 3.8) is 0 Å². The first kappa shape index (κ1) is 18.9. The number of nitrogens with zero attached hydrogens (tertiary/aromatic N) is 2. The third kappa shape index (κ3) is 5.02. The minimum absolute atomic E-state index is 0.204. The standard InChI is InChI=1S/C17H24Cl2N4O/c1-3-16(24)23-10-8-12(11-23)22-17(20-2)21-9-7-13-14(18)5-4-6-15(13)19/h4-6,12H,3,7-11H2,1-2H3,(H2,20,21,22). The summed E-state index contributed by atoms with van der Waals surface area (Å²) in [5.74, 6) is 0.935. The molecule has 1 aromatic carbocycles. The molecule has 0 radical (unpaired) electrons. The number of hydrogen-bond acceptors (Lipinski definition) is 2. The van der Waals surface area contributed by atoms with E-state index in [1.54, 1.807) is 7.05 Å². The quantitative estimate of drug-likeness (QED) is 0.618. The number of guanidine groups is 1. The molecule has 0 saturated carbocycles. The summed E-state index contributed by atoms with van der Waals surface area (Å²) in [5.41, 5.74) is 0.935. The molecule has 0 aliphatic carbocycles. The summed E-state index contributed by atoms with van der Waals surface area (Å²) in [5, 5.41) is 8.00. The lowest BCUT2D eigenvalue weighted by molar-refractivity contribution is -0.129. The fourth-order valence-corrected chi connectivity index (χ4v) is 3.38. The van der Waals surface area contributed by atoms with Gasteiger partial charge in [-0.1, -0.05) is 36.2 Å². The molecule has 1 heterocycles. The maximum Gasteiger partial charge on any atom is 0.222 e. The maximum atomic E-state index is 11.7. The molecule has 1 fully saturated rings. The predicted molar refractivity (Wildman–Crippen MR) is 99.9 cm³/mol. The average molecular weight is 371 g/mol. The van der Waals surface area contributed by atoms with E-state index in [4.69, 9.17) is 23.2 Å². The van der Waals surface area contributed by atoms with Gasteiger partial charge in [0.1, 0.15) is 0 Å². The van der Waals surface area contributed by atoms with Gasteiger partial charge in [0.15, 0.2) is 5.96 Å². The first-order valence-electron chi connectivity index (χ1n) is 8.23. The summed E-state index contributed by atoms with van der Waals surface area (Å²) in [4.78, 5) is 17.9. The third-order valence-electron chi connectivity index (χ3n) is 4.14. The van der Waals surface area contributed by atoms with Gasteiger partial charge in [0.25, 0.3) is 0 Å². The van der Waals surface area contributed by atoms with E-state index < -0.39 is 0 Å². The normalized spacial score (nSPS) is 17.9. The van der Waals surface area contributed by atoms with Crippen LogP contribution in [0.3, 0.4) is 0 Å². The average Bonchev–Trinajstić information content (AvgIpc) is 3.04. The third-order valence-corrected chi connectivity index (χ3v) is 4.85. The summed E-state index contributed by atoms with van der Waals surface area (Å²) >= 11 is 12.4. The predicted octanol–water partition coefficient (Wildman–Crippen LogP) is 2.71. The molecule has 5 nitrogen and oxygen atoms in total. The Balaban J connectivity index is 1.80. The Kier molecular flexibility index (Phi) is 7.18. The summed E-state index contributed by atoms with van der Waals surface area (Å²) in [6.07, 6.45) is 2.20. The van der Waals surface area contributed by atoms with Crippen molar-refractivity contribution in [2.45, 2.75) is 32.2 Å². The number of hydrogen-bond donors (Lipinski definition) is 2. The number of nitrogens with one attached hydrogen (secondary N) is 2. The van der Waals surface area contributed by atoms with Gasteiger partial charge >= 0.3 is 0 Å². The summed E-state index contributed by atoms with van der Waals surface area (Å²) in [7, 11) is 1.74. The minimum Gasteiger partial charge on any atom is -0.356 e. The molecule has 2 rings (SSSR count). The molecule has 1 aliphatic heterocycles. The van der Waals surface area contributed by atoms with Gasteiger partial charge in [0, 0.05) is 49.2 Å². The molecule has 1 saturated heterocycles. The summed E-state index contributed by atoms with van der Waals surface area (Å²) in [6.45, 7) is 4.09. The van der Waals surface area contributed by atoms with Crippen LogP contribution < -0.4 is 10.6 Å². The van der Waals surface area contributed by atoms with E-state index in [-0.39, 0.29) is 11.9 Å². The molecule has 1 unspecified atom stereocenters. The van der Waals surface area contributed by atoms with Crippen molar-refractivity contribution in [3.8, 4) is 0 Å². The van der Waals surface area contributed by atoms with Crippen molar-refractivity contribution in [2.24, 2.45) is 4.99 Å². The smallest absolute Gasteiger partial charge is 0.222 e. The molecular formula is C17H24Cl2N4O. The first-order chi connectivity index (χ1) is 11.5. The van der Waals surface area contributed by atoms with Crippen LogP contribution in [0.15, 0.2) is 23.2 Å². The van der Waals surface area contributed by atoms with Gasteiger partial charge in [-0.15, -0.1) is 0 Å². The van der Waals surface area contributed by atoms with Gasteiger partial charge in [0.05, 0.1) is 0 Å². The lowest BCUT2D eigenvalue weighted by Gasteiger charge is -2.19. The molecule has 2 N–H and O–H groups in total. The van der Waals surface area contributed by atoms with Crippen molar-refractivity contribution < 1.29 is 4.79 Å². The number of likely N-dealkylation sites (tertiary alicyclic amines) is 1. The minimum atomic E-state index is 0.204. The van der Waals surface area contributed by atoms with E-state index in [1.165, 1.54) is 0 Å². The number of aliphatic imine (C=N–C) groups is 1. The molecule has 1 amide bonds. The molecule has 7 heteroatoms. The van der Waals surface area contributed by atoms with Gasteiger partial charge in [-0.2, -0.15) is 0 Å². The number of amides is 1. The highest BCUT2D eigenvalue weighted by atomic mass is 35.5. The van der Waals surface area contributed by atoms with Crippen LogP contribution in [-0.2, 0) is 11.2 Å². The van der Waals surface area contributed by atoms with Gasteiger partial charge < -0.3 is 15.5 Å². The van der Waals surface area contributed by atoms with Crippen molar-refractivity contribution >= 4 is 35.1 Å². The number of benzene rings is 1. The molecule has 24 heavy (non-hydrogen) atoms. The Morgan fingerprint density at radius 3 is 2.71 bits per heavy atom. The fourth-order valence-electron chi connectivity index (χ4n) is 2.79. The molecule has 1 atom stereocenters. The van der Waals surface area contributed by atoms with Crippen LogP contribution in [0.4, 0.5) is 0 Å². The second-order valence-electron chi connectivity index (χ2n) is 5.77. The highest BCUT2D eigenvalue weighted by Gasteiger charge is 2.25. The van der Waals surface area contributed by atoms with Crippen LogP contribution in [-0.4, -0.2) is 49.5 Å². The van der Waals surface area contributed by atoms with Crippen LogP contribution in [0.1, 0.15) is 25.3 Å². The highest BCUT2D eigenvalue weighted by Crippen LogP contribution is 2.24. The van der Waals surface area contributed by atoms with Gasteiger partial charge in [-0.3, -0.25) is 9.79 Å². The Labute approximate surface area is 153 Å². The largest absolute Gasteiger partial charge is 0.356 e. The van der Waals surface area contributed by atoms with Crippen LogP contribution in [0.5, 0.6) is 0 Å². The Morgan fingerprint density at radius 1 is 1.38 bits per heavy atom. The van der Waals surface area contributed by atoms with Crippen LogP contribution in [0.25, 0.3) is 0 Å². The second kappa shape index (κ2) is 9.14. The second-order valence-corrected chi connectivity index (χ2v) is 6.59. The van der Waals surface area contributed by atoms with Crippen LogP contribution in [0, 0.1) is 0 Å². The molecule has 1 aliphatic rings. The Hall–Kier alpha value is -1.46. The van der Waals surface area contributed by atoms with Crippen molar-refractivity contribution in [1.82, 2.24) is 15.5 Å². The summed E-state index contributed by atoms with van der Waals surface area (Å²) < 4.78 is 0. The molecule has 0 aromatic heterocycles. The summed E-state index contributed by atoms with van der Waals surface area (Å²) in [6, 6.07) is 5.75. The topological polar surface area (TPSA) is 56.7 Å². The molecule has 0 spiro atoms. The zero-order chi connectivity index (χ0) is 17.5. The van der Waals surface area contributed by atoms with Crippen molar-refractivity contribution in [3.05, 3.63) is 33.8 Å². The Morgan fingerprint density at radius 2 is 2.08 bits per heavy atom. The number of carbonyl (C=O) groups excluding carboxylic acids is 1. The van der Waals surface area contributed by atoms with Gasteiger partial charge in [-0.25, -0.2) is 0 Å². The number of carbonyl (C=O) groups is 1. The van der Waals surface area contributed by atoms with Crippen LogP contribution in [0.2, 0.25) is 10.0 Å². The van der Waals surface area contributed by atoms with E-state index in [2.05, 4.69) is 15.6 Å². The van der Waals surface area contributed by atoms with E-state index in [0.717, 1.165) is 31.0 Å². The fraction of sp³-hybridized carbons (Fsp3) is 0.529. The highest BCUT2D eigenvalue weighted by molar-refractivity contribution is 6.35. The maximum absolute atomic E-state index is 11.7. The molecular weight excluding hydrogens is 347 g/mol. The zero-order valence-corrected chi connectivity index (χ0v) is 15.6. The molecule has 132 valence electrons. The lowest BCUT2D eigenvalue weighted by Crippen LogP contribution is -2.45. The zero-order valence-electron chi connectivity index (χ0n) is 14.1. The SMILES string of the molecule is CCC(=O)N1CCC(NC(=NC)NCCc2c(Cl)cccc2Cl)C1. The van der Waals surface area contributed by atoms with Crippen LogP contribution >= 0.6 is 23.2 Å². The number of halogens is 2. The van der Waals surface area contributed by atoms with E-state index in [1.807, 2.05) is 30.0 Å². The molecule has 0 bridgehead atoms. The monoisotopic (exact) mass is 370 g/mol. The first-order valence-corrected chi connectivity index (χ1v) is 8.98. The lowest BCUT2D eigenvalue weighted by atomic mass is 10.1. The Bertz CT molecular complexity index is 586. The van der Waals surface area contributed by atoms with Crippen molar-refractivity contribution in [2.75, 3.05) is 26.7 Å². The van der Waals surface area contributed by atoms with E-state index >= 15 is 0 Å². The van der Waals surface area contributed by atoms with Crippen molar-refractivity contribution in [1.29, 1.82) is 0 Å². The van der Waals surface area contributed by atoms with Gasteiger partial charge in [-0.05, 0) is 30.5 Å². The van der Waals surface area contributed by atoms with E-state index in [9.17, 15) is 4.79 Å². The molecule has 1 aromatic rings. The van der Waals surface area contributed by atoms with E-state index in [0.29, 0.717) is 29.4 Å². The number of rotatable bonds is 5. The van der Waals surface area contributed by atoms with Gasteiger partial charge in [0.2, 0.25) is 5.91 Å².